The van der Waals surface area contributed by atoms with E-state index in [0.29, 0.717) is 0 Å². The van der Waals surface area contributed by atoms with Crippen molar-refractivity contribution in [1.82, 2.24) is 9.13 Å². The summed E-state index contributed by atoms with van der Waals surface area (Å²) in [6, 6.07) is 0. The summed E-state index contributed by atoms with van der Waals surface area (Å²) >= 11 is 0. The Balaban J connectivity index is 3.42. The molecule has 18 heavy (non-hydrogen) atoms. The molecule has 0 unspecified atom stereocenters. The third-order valence-electron chi connectivity index (χ3n) is 3.73. The molecular formula is C14H30N2Si2. The quantitative estimate of drug-likeness (QED) is 0.673. The predicted octanol–water partition coefficient (Wildman–Crippen LogP) is 4.78. The molecule has 1 heterocycles. The molecule has 0 amide bonds. The summed E-state index contributed by atoms with van der Waals surface area (Å²) in [6.45, 7) is 23.7. The second-order valence-corrected chi connectivity index (χ2v) is 16.9. The summed E-state index contributed by atoms with van der Waals surface area (Å²) in [5, 5.41) is 0. The summed E-state index contributed by atoms with van der Waals surface area (Å²) in [7, 11) is -2.70. The van der Waals surface area contributed by atoms with Gasteiger partial charge in [-0.05, 0) is 27.7 Å². The van der Waals surface area contributed by atoms with E-state index in [9.17, 15) is 0 Å². The van der Waals surface area contributed by atoms with E-state index in [-0.39, 0.29) is 0 Å². The summed E-state index contributed by atoms with van der Waals surface area (Å²) in [4.78, 5) is 0. The second-order valence-electron chi connectivity index (χ2n) is 7.35. The van der Waals surface area contributed by atoms with Gasteiger partial charge in [-0.25, -0.2) is 0 Å². The molecule has 0 atom stereocenters. The van der Waals surface area contributed by atoms with Gasteiger partial charge >= 0.3 is 0 Å². The Morgan fingerprint density at radius 1 is 0.500 bits per heavy atom. The van der Waals surface area contributed by atoms with Crippen molar-refractivity contribution in [2.45, 2.75) is 67.0 Å². The Morgan fingerprint density at radius 3 is 0.778 bits per heavy atom. The zero-order valence-electron chi connectivity index (χ0n) is 13.9. The smallest absolute Gasteiger partial charge is 0.152 e. The molecule has 0 spiro atoms. The molecule has 0 radical (unpaired) electrons. The number of hydrogen-bond donors (Lipinski definition) is 0. The van der Waals surface area contributed by atoms with Gasteiger partial charge in [0.2, 0.25) is 0 Å². The highest BCUT2D eigenvalue weighted by Gasteiger charge is 2.36. The molecule has 0 aromatic carbocycles. The summed E-state index contributed by atoms with van der Waals surface area (Å²) in [6.07, 6.45) is 0. The first-order valence-electron chi connectivity index (χ1n) is 6.84. The lowest BCUT2D eigenvalue weighted by molar-refractivity contribution is 0.488. The van der Waals surface area contributed by atoms with Crippen LogP contribution in [0.3, 0.4) is 0 Å². The van der Waals surface area contributed by atoms with Crippen LogP contribution in [-0.4, -0.2) is 25.6 Å². The van der Waals surface area contributed by atoms with E-state index in [4.69, 9.17) is 0 Å². The summed E-state index contributed by atoms with van der Waals surface area (Å²) < 4.78 is 5.24. The highest BCUT2D eigenvalue weighted by molar-refractivity contribution is 6.75. The minimum absolute atomic E-state index is 1.35. The molecule has 0 N–H and O–H groups in total. The maximum absolute atomic E-state index is 2.62. The molecule has 104 valence electrons. The fourth-order valence-corrected chi connectivity index (χ4v) is 7.83. The van der Waals surface area contributed by atoms with Gasteiger partial charge in [-0.15, -0.1) is 0 Å². The van der Waals surface area contributed by atoms with E-state index in [2.05, 4.69) is 76.1 Å². The Hall–Kier alpha value is -0.486. The topological polar surface area (TPSA) is 6.48 Å². The highest BCUT2D eigenvalue weighted by Crippen LogP contribution is 2.37. The lowest BCUT2D eigenvalue weighted by atomic mass is 10.2. The molecule has 0 aromatic heterocycles. The standard InChI is InChI=1S/C14H30N2Si2/c1-11-12(2)16(18(8,9)10)14(4)13(3)15(11)17(5,6)7/h1-10H3. The number of rotatable bonds is 2. The van der Waals surface area contributed by atoms with Crippen LogP contribution in [0.1, 0.15) is 27.7 Å². The number of nitrogens with zero attached hydrogens (tertiary/aromatic N) is 2. The van der Waals surface area contributed by atoms with Crippen molar-refractivity contribution >= 4 is 16.5 Å². The van der Waals surface area contributed by atoms with Gasteiger partial charge in [0.1, 0.15) is 0 Å². The van der Waals surface area contributed by atoms with Gasteiger partial charge in [0, 0.05) is 22.8 Å². The van der Waals surface area contributed by atoms with E-state index >= 15 is 0 Å². The van der Waals surface area contributed by atoms with Crippen molar-refractivity contribution < 1.29 is 0 Å². The SMILES string of the molecule is CC1=C(C)N([Si](C)(C)C)C(C)=C(C)N1[Si](C)(C)C. The highest BCUT2D eigenvalue weighted by atomic mass is 28.3. The monoisotopic (exact) mass is 282 g/mol. The molecule has 0 saturated heterocycles. The first kappa shape index (κ1) is 15.6. The molecule has 2 nitrogen and oxygen atoms in total. The largest absolute Gasteiger partial charge is 0.374 e. The maximum Gasteiger partial charge on any atom is 0.152 e. The molecule has 0 fully saturated rings. The Kier molecular flexibility index (Phi) is 3.95. The van der Waals surface area contributed by atoms with Crippen LogP contribution < -0.4 is 0 Å². The Labute approximate surface area is 116 Å². The molecule has 1 rings (SSSR count). The van der Waals surface area contributed by atoms with Crippen LogP contribution in [-0.2, 0) is 0 Å². The molecule has 1 aliphatic rings. The van der Waals surface area contributed by atoms with Gasteiger partial charge in [0.05, 0.1) is 0 Å². The van der Waals surface area contributed by atoms with Crippen LogP contribution in [0.4, 0.5) is 0 Å². The molecular weight excluding hydrogens is 252 g/mol. The van der Waals surface area contributed by atoms with E-state index in [1.165, 1.54) is 22.8 Å². The van der Waals surface area contributed by atoms with E-state index < -0.39 is 16.5 Å². The summed E-state index contributed by atoms with van der Waals surface area (Å²) in [5.74, 6) is 0. The Morgan fingerprint density at radius 2 is 0.667 bits per heavy atom. The third kappa shape index (κ3) is 2.59. The van der Waals surface area contributed by atoms with Crippen molar-refractivity contribution in [3.63, 3.8) is 0 Å². The average molecular weight is 283 g/mol. The first-order valence-corrected chi connectivity index (χ1v) is 13.7. The first-order chi connectivity index (χ1) is 7.89. The fourth-order valence-electron chi connectivity index (χ4n) is 3.16. The van der Waals surface area contributed by atoms with Gasteiger partial charge in [0.25, 0.3) is 0 Å². The third-order valence-corrected chi connectivity index (χ3v) is 7.76. The fraction of sp³-hybridized carbons (Fsp3) is 0.714. The zero-order valence-corrected chi connectivity index (χ0v) is 15.9. The van der Waals surface area contributed by atoms with Crippen LogP contribution in [0.25, 0.3) is 0 Å². The second kappa shape index (κ2) is 4.56. The van der Waals surface area contributed by atoms with E-state index in [1.54, 1.807) is 0 Å². The molecule has 0 bridgehead atoms. The Bertz CT molecular complexity index is 344. The number of allylic oxidation sites excluding steroid dienone is 4. The van der Waals surface area contributed by atoms with Crippen LogP contribution in [0.15, 0.2) is 22.8 Å². The van der Waals surface area contributed by atoms with Crippen molar-refractivity contribution in [1.29, 1.82) is 0 Å². The van der Waals surface area contributed by atoms with Gasteiger partial charge in [-0.3, -0.25) is 0 Å². The van der Waals surface area contributed by atoms with Crippen LogP contribution in [0.5, 0.6) is 0 Å². The van der Waals surface area contributed by atoms with Crippen LogP contribution >= 0.6 is 0 Å². The molecule has 0 aliphatic carbocycles. The average Bonchev–Trinajstić information content (AvgIpc) is 2.10. The van der Waals surface area contributed by atoms with Crippen molar-refractivity contribution in [3.05, 3.63) is 22.8 Å². The molecule has 0 aromatic rings. The van der Waals surface area contributed by atoms with Crippen molar-refractivity contribution in [3.8, 4) is 0 Å². The molecule has 1 aliphatic heterocycles. The predicted molar refractivity (Wildman–Crippen MR) is 87.1 cm³/mol. The minimum atomic E-state index is -1.35. The minimum Gasteiger partial charge on any atom is -0.374 e. The molecule has 4 heteroatoms. The van der Waals surface area contributed by atoms with Gasteiger partial charge in [0.15, 0.2) is 16.5 Å². The van der Waals surface area contributed by atoms with E-state index in [0.717, 1.165) is 0 Å². The lowest BCUT2D eigenvalue weighted by Crippen LogP contribution is -2.52. The molecule has 0 saturated carbocycles. The van der Waals surface area contributed by atoms with Crippen LogP contribution in [0, 0.1) is 0 Å². The zero-order chi connectivity index (χ0) is 14.5. The van der Waals surface area contributed by atoms with Gasteiger partial charge in [-0.2, -0.15) is 0 Å². The van der Waals surface area contributed by atoms with Gasteiger partial charge < -0.3 is 9.13 Å². The maximum atomic E-state index is 2.62. The van der Waals surface area contributed by atoms with Crippen molar-refractivity contribution in [2.24, 2.45) is 0 Å². The number of hydrogen-bond acceptors (Lipinski definition) is 2. The van der Waals surface area contributed by atoms with Gasteiger partial charge in [-0.1, -0.05) is 39.3 Å². The van der Waals surface area contributed by atoms with E-state index in [1.807, 2.05) is 0 Å². The normalized spacial score (nSPS) is 19.0. The lowest BCUT2D eigenvalue weighted by Gasteiger charge is -2.49. The van der Waals surface area contributed by atoms with Crippen LogP contribution in [0.2, 0.25) is 39.3 Å². The summed E-state index contributed by atoms with van der Waals surface area (Å²) in [5.41, 5.74) is 5.83. The van der Waals surface area contributed by atoms with Crippen molar-refractivity contribution in [2.75, 3.05) is 0 Å².